The number of anilines is 3. The molecule has 0 spiro atoms. The van der Waals surface area contributed by atoms with Crippen LogP contribution in [0.1, 0.15) is 23.9 Å². The molecule has 0 atom stereocenters. The van der Waals surface area contributed by atoms with E-state index >= 15 is 8.78 Å². The number of benzene rings is 1. The van der Waals surface area contributed by atoms with Gasteiger partial charge in [-0.2, -0.15) is 0 Å². The molecule has 12 heteroatoms. The Kier molecular flexibility index (Phi) is 7.19. The Morgan fingerprint density at radius 2 is 1.81 bits per heavy atom. The van der Waals surface area contributed by atoms with E-state index in [1.54, 1.807) is 33.2 Å². The maximum atomic E-state index is 15.4. The molecule has 0 saturated heterocycles. The summed E-state index contributed by atoms with van der Waals surface area (Å²) in [6.45, 7) is 4.98. The molecular formula is C25H24BF2N6O3. The Morgan fingerprint density at radius 1 is 1.14 bits per heavy atom. The Morgan fingerprint density at radius 3 is 2.38 bits per heavy atom. The Bertz CT molecular complexity index is 1400. The number of nitrogens with zero attached hydrogens (tertiary/aromatic N) is 5. The second-order valence-corrected chi connectivity index (χ2v) is 8.22. The first-order valence-corrected chi connectivity index (χ1v) is 11.3. The van der Waals surface area contributed by atoms with Crippen molar-refractivity contribution in [1.29, 1.82) is 5.41 Å². The van der Waals surface area contributed by atoms with Crippen molar-refractivity contribution in [2.45, 2.75) is 27.2 Å². The summed E-state index contributed by atoms with van der Waals surface area (Å²) < 4.78 is 40.9. The van der Waals surface area contributed by atoms with Crippen LogP contribution in [0, 0.1) is 24.0 Å². The van der Waals surface area contributed by atoms with Crippen LogP contribution in [0.3, 0.4) is 0 Å². The quantitative estimate of drug-likeness (QED) is 0.362. The average Bonchev–Trinajstić information content (AvgIpc) is 2.87. The molecule has 37 heavy (non-hydrogen) atoms. The number of hydrogen-bond acceptors (Lipinski definition) is 7. The molecule has 0 unspecified atom stereocenters. The van der Waals surface area contributed by atoms with E-state index in [1.165, 1.54) is 37.7 Å². The van der Waals surface area contributed by atoms with Gasteiger partial charge in [-0.25, -0.2) is 23.5 Å². The third kappa shape index (κ3) is 4.62. The minimum Gasteiger partial charge on any atom is -0.493 e. The molecule has 0 aliphatic carbocycles. The van der Waals surface area contributed by atoms with Crippen molar-refractivity contribution in [2.24, 2.45) is 0 Å². The minimum absolute atomic E-state index is 0.155. The number of rotatable bonds is 7. The van der Waals surface area contributed by atoms with Gasteiger partial charge in [0.25, 0.3) is 0 Å². The average molecular weight is 505 g/mol. The lowest BCUT2D eigenvalue weighted by atomic mass is 9.79. The van der Waals surface area contributed by atoms with Crippen LogP contribution in [-0.4, -0.2) is 48.2 Å². The number of carbonyl (C=O) groups is 1. The summed E-state index contributed by atoms with van der Waals surface area (Å²) in [5, 5.41) is 8.14. The van der Waals surface area contributed by atoms with Crippen LogP contribution >= 0.6 is 0 Å². The van der Waals surface area contributed by atoms with Gasteiger partial charge in [-0.1, -0.05) is 6.82 Å². The van der Waals surface area contributed by atoms with Crippen LogP contribution in [-0.2, 0) is 6.54 Å². The number of aryl methyl sites for hydroxylation is 1. The number of pyridine rings is 1. The van der Waals surface area contributed by atoms with Crippen LogP contribution in [0.2, 0.25) is 6.82 Å². The Balaban J connectivity index is 1.96. The number of nitrogens with one attached hydrogen (secondary N) is 1. The molecule has 3 aromatic rings. The van der Waals surface area contributed by atoms with Gasteiger partial charge in [-0.05, 0) is 19.9 Å². The highest BCUT2D eigenvalue weighted by Gasteiger charge is 2.38. The number of fused-ring (bicyclic) bond motifs is 1. The number of carbonyl (C=O) groups excluding carboxylic acids is 1. The van der Waals surface area contributed by atoms with E-state index in [4.69, 9.17) is 14.9 Å². The summed E-state index contributed by atoms with van der Waals surface area (Å²) in [5.41, 5.74) is 2.11. The van der Waals surface area contributed by atoms with Crippen molar-refractivity contribution in [3.63, 3.8) is 0 Å². The number of amides is 2. The van der Waals surface area contributed by atoms with Crippen molar-refractivity contribution in [1.82, 2.24) is 15.0 Å². The molecule has 3 heterocycles. The van der Waals surface area contributed by atoms with Crippen LogP contribution < -0.4 is 19.3 Å². The summed E-state index contributed by atoms with van der Waals surface area (Å²) in [6.07, 6.45) is 4.42. The number of ether oxygens (including phenoxy) is 2. The fourth-order valence-electron chi connectivity index (χ4n) is 4.04. The molecule has 9 nitrogen and oxygen atoms in total. The number of aromatic nitrogens is 3. The highest BCUT2D eigenvalue weighted by atomic mass is 19.1. The van der Waals surface area contributed by atoms with E-state index in [1.807, 2.05) is 6.82 Å². The molecule has 0 fully saturated rings. The van der Waals surface area contributed by atoms with Crippen molar-refractivity contribution >= 4 is 41.8 Å². The summed E-state index contributed by atoms with van der Waals surface area (Å²) in [7, 11) is 4.25. The predicted octanol–water partition coefficient (Wildman–Crippen LogP) is 4.89. The highest BCUT2D eigenvalue weighted by Crippen LogP contribution is 2.42. The Labute approximate surface area is 213 Å². The van der Waals surface area contributed by atoms with E-state index < -0.39 is 23.4 Å². The first kappa shape index (κ1) is 25.7. The van der Waals surface area contributed by atoms with E-state index in [0.29, 0.717) is 28.2 Å². The van der Waals surface area contributed by atoms with Crippen molar-refractivity contribution < 1.29 is 23.0 Å². The smallest absolute Gasteiger partial charge is 0.335 e. The van der Waals surface area contributed by atoms with Crippen LogP contribution in [0.15, 0.2) is 36.7 Å². The van der Waals surface area contributed by atoms with Gasteiger partial charge >= 0.3 is 6.03 Å². The van der Waals surface area contributed by atoms with Crippen LogP contribution in [0.5, 0.6) is 11.5 Å². The molecule has 1 radical (unpaired) electrons. The monoisotopic (exact) mass is 505 g/mol. The molecule has 189 valence electrons. The largest absolute Gasteiger partial charge is 0.493 e. The molecule has 0 saturated carbocycles. The van der Waals surface area contributed by atoms with Gasteiger partial charge in [0.1, 0.15) is 13.0 Å². The second kappa shape index (κ2) is 10.3. The van der Waals surface area contributed by atoms with Gasteiger partial charge in [0.05, 0.1) is 44.0 Å². The lowest BCUT2D eigenvalue weighted by molar-refractivity contribution is 0.251. The summed E-state index contributed by atoms with van der Waals surface area (Å²) >= 11 is 0. The number of hydrogen-bond donors (Lipinski definition) is 1. The van der Waals surface area contributed by atoms with Crippen LogP contribution in [0.25, 0.3) is 5.57 Å². The van der Waals surface area contributed by atoms with E-state index in [9.17, 15) is 4.79 Å². The zero-order valence-corrected chi connectivity index (χ0v) is 21.0. The second-order valence-electron chi connectivity index (χ2n) is 8.22. The molecule has 1 aromatic carbocycles. The lowest BCUT2D eigenvalue weighted by Gasteiger charge is -2.36. The molecule has 0 bridgehead atoms. The maximum Gasteiger partial charge on any atom is 0.335 e. The standard InChI is InChI=1S/C25H24BF2N6O3/c1-13-9-30-11-21(32-13)34-18-6-17(16(8-26-3)14(2)29)31-10-15(18)12-33(25(34)35)24-22(27)19(36-4)7-20(37-5)23(24)28/h6-11,29H,12H2,1-5H3/b16-8+,29-14?. The molecule has 2 amide bonds. The third-order valence-corrected chi connectivity index (χ3v) is 5.76. The van der Waals surface area contributed by atoms with Gasteiger partial charge in [-0.15, -0.1) is 5.98 Å². The molecule has 4 rings (SSSR count). The molecule has 2 aromatic heterocycles. The summed E-state index contributed by atoms with van der Waals surface area (Å²) in [5.74, 6) is -0.773. The zero-order chi connectivity index (χ0) is 26.9. The lowest BCUT2D eigenvalue weighted by Crippen LogP contribution is -2.46. The van der Waals surface area contributed by atoms with Crippen LogP contribution in [0.4, 0.5) is 30.8 Å². The van der Waals surface area contributed by atoms with E-state index in [0.717, 1.165) is 11.0 Å². The van der Waals surface area contributed by atoms with Crippen molar-refractivity contribution in [3.05, 3.63) is 65.3 Å². The predicted molar refractivity (Wildman–Crippen MR) is 137 cm³/mol. The first-order chi connectivity index (χ1) is 17.7. The zero-order valence-electron chi connectivity index (χ0n) is 21.0. The van der Waals surface area contributed by atoms with Gasteiger partial charge in [0, 0.05) is 35.3 Å². The van der Waals surface area contributed by atoms with Gasteiger partial charge in [0.15, 0.2) is 29.0 Å². The number of allylic oxidation sites excluding steroid dienone is 1. The Hall–Kier alpha value is -4.35. The maximum absolute atomic E-state index is 15.4. The van der Waals surface area contributed by atoms with E-state index in [-0.39, 0.29) is 29.6 Å². The van der Waals surface area contributed by atoms with Gasteiger partial charge < -0.3 is 14.9 Å². The summed E-state index contributed by atoms with van der Waals surface area (Å²) in [6, 6.07) is 1.96. The topological polar surface area (TPSA) is 105 Å². The molecule has 1 aliphatic heterocycles. The molecular weight excluding hydrogens is 481 g/mol. The van der Waals surface area contributed by atoms with Crippen molar-refractivity contribution in [3.8, 4) is 11.5 Å². The highest BCUT2D eigenvalue weighted by molar-refractivity contribution is 6.45. The van der Waals surface area contributed by atoms with Gasteiger partial charge in [0.2, 0.25) is 0 Å². The first-order valence-electron chi connectivity index (χ1n) is 11.3. The fourth-order valence-corrected chi connectivity index (χ4v) is 4.04. The number of methoxy groups -OCH3 is 2. The minimum atomic E-state index is -1.06. The fraction of sp³-hybridized carbons (Fsp3) is 0.240. The van der Waals surface area contributed by atoms with Crippen molar-refractivity contribution in [2.75, 3.05) is 24.0 Å². The van der Waals surface area contributed by atoms with E-state index in [2.05, 4.69) is 15.0 Å². The summed E-state index contributed by atoms with van der Waals surface area (Å²) in [4.78, 5) is 29.1. The SMILES string of the molecule is C[B]/C=C(\C(C)=N)c1cc2c(cn1)CN(c1c(F)c(OC)cc(OC)c1F)C(=O)N2c1cncc(C)n1. The third-order valence-electron chi connectivity index (χ3n) is 5.76. The normalized spacial score (nSPS) is 13.4. The molecule has 1 N–H and O–H groups in total. The molecule has 1 aliphatic rings. The van der Waals surface area contributed by atoms with Gasteiger partial charge in [-0.3, -0.25) is 14.9 Å². The number of urea groups is 1. The number of halogens is 2.